The highest BCUT2D eigenvalue weighted by molar-refractivity contribution is 6.35. The summed E-state index contributed by atoms with van der Waals surface area (Å²) in [6.07, 6.45) is 0. The second kappa shape index (κ2) is 8.62. The molecule has 1 amide bonds. The van der Waals surface area contributed by atoms with E-state index in [1.54, 1.807) is 25.3 Å². The molecule has 1 aliphatic rings. The number of ether oxygens (including phenoxy) is 1. The molecule has 1 aliphatic heterocycles. The Kier molecular flexibility index (Phi) is 6.25. The lowest BCUT2D eigenvalue weighted by Gasteiger charge is -2.35. The summed E-state index contributed by atoms with van der Waals surface area (Å²) >= 11 is 12.0. The summed E-state index contributed by atoms with van der Waals surface area (Å²) in [5.74, 6) is 0.760. The van der Waals surface area contributed by atoms with Gasteiger partial charge in [0.05, 0.1) is 24.4 Å². The third-order valence-corrected chi connectivity index (χ3v) is 4.94. The molecule has 1 N–H and O–H groups in total. The Morgan fingerprint density at radius 1 is 1.08 bits per heavy atom. The molecule has 1 heterocycles. The van der Waals surface area contributed by atoms with Crippen molar-refractivity contribution < 1.29 is 9.53 Å². The van der Waals surface area contributed by atoms with Crippen LogP contribution in [-0.4, -0.2) is 50.6 Å². The van der Waals surface area contributed by atoms with Gasteiger partial charge in [0.1, 0.15) is 5.75 Å². The Hall–Kier alpha value is -1.95. The van der Waals surface area contributed by atoms with Crippen LogP contribution in [0.5, 0.6) is 5.75 Å². The standard InChI is InChI=1S/C19H21Cl2N3O2/c1-26-16-5-3-15(4-6-16)24-10-8-23(9-11-24)13-19(25)22-18-12-14(20)2-7-17(18)21/h2-7,12H,8-11,13H2,1H3,(H,22,25). The fourth-order valence-electron chi connectivity index (χ4n) is 2.94. The van der Waals surface area contributed by atoms with Crippen molar-refractivity contribution in [1.29, 1.82) is 0 Å². The van der Waals surface area contributed by atoms with E-state index in [9.17, 15) is 4.79 Å². The number of halogens is 2. The summed E-state index contributed by atoms with van der Waals surface area (Å²) in [5, 5.41) is 3.85. The number of piperazine rings is 1. The highest BCUT2D eigenvalue weighted by Crippen LogP contribution is 2.25. The number of amides is 1. The molecule has 0 unspecified atom stereocenters. The molecule has 0 bridgehead atoms. The van der Waals surface area contributed by atoms with Gasteiger partial charge in [0, 0.05) is 36.9 Å². The number of carbonyl (C=O) groups is 1. The van der Waals surface area contributed by atoms with E-state index in [-0.39, 0.29) is 5.91 Å². The normalized spacial score (nSPS) is 15.0. The van der Waals surface area contributed by atoms with Crippen LogP contribution in [0.15, 0.2) is 42.5 Å². The van der Waals surface area contributed by atoms with Crippen molar-refractivity contribution in [3.05, 3.63) is 52.5 Å². The number of hydrogen-bond donors (Lipinski definition) is 1. The van der Waals surface area contributed by atoms with Gasteiger partial charge in [0.2, 0.25) is 5.91 Å². The topological polar surface area (TPSA) is 44.8 Å². The Balaban J connectivity index is 1.50. The second-order valence-corrected chi connectivity index (χ2v) is 6.98. The quantitative estimate of drug-likeness (QED) is 0.839. The maximum absolute atomic E-state index is 12.3. The molecule has 7 heteroatoms. The smallest absolute Gasteiger partial charge is 0.238 e. The van der Waals surface area contributed by atoms with Gasteiger partial charge in [0.25, 0.3) is 0 Å². The average Bonchev–Trinajstić information content (AvgIpc) is 2.65. The number of anilines is 2. The zero-order valence-electron chi connectivity index (χ0n) is 14.5. The van der Waals surface area contributed by atoms with Crippen LogP contribution >= 0.6 is 23.2 Å². The maximum atomic E-state index is 12.3. The van der Waals surface area contributed by atoms with Crippen LogP contribution in [0, 0.1) is 0 Å². The van der Waals surface area contributed by atoms with Crippen LogP contribution in [0.4, 0.5) is 11.4 Å². The number of rotatable bonds is 5. The summed E-state index contributed by atoms with van der Waals surface area (Å²) in [5.41, 5.74) is 1.71. The highest BCUT2D eigenvalue weighted by atomic mass is 35.5. The van der Waals surface area contributed by atoms with Gasteiger partial charge in [-0.1, -0.05) is 23.2 Å². The molecule has 0 atom stereocenters. The second-order valence-electron chi connectivity index (χ2n) is 6.13. The number of benzene rings is 2. The molecule has 2 aromatic carbocycles. The molecule has 3 rings (SSSR count). The summed E-state index contributed by atoms with van der Waals surface area (Å²) in [7, 11) is 1.66. The van der Waals surface area contributed by atoms with Crippen LogP contribution in [0.2, 0.25) is 10.0 Å². The van der Waals surface area contributed by atoms with Gasteiger partial charge in [-0.2, -0.15) is 0 Å². The first kappa shape index (κ1) is 18.8. The first-order valence-corrected chi connectivity index (χ1v) is 9.17. The minimum atomic E-state index is -0.0907. The van der Waals surface area contributed by atoms with E-state index >= 15 is 0 Å². The van der Waals surface area contributed by atoms with Gasteiger partial charge in [-0.15, -0.1) is 0 Å². The lowest BCUT2D eigenvalue weighted by Crippen LogP contribution is -2.48. The third kappa shape index (κ3) is 4.81. The molecule has 5 nitrogen and oxygen atoms in total. The lowest BCUT2D eigenvalue weighted by molar-refractivity contribution is -0.117. The largest absolute Gasteiger partial charge is 0.497 e. The Morgan fingerprint density at radius 3 is 2.42 bits per heavy atom. The van der Waals surface area contributed by atoms with E-state index in [1.165, 1.54) is 5.69 Å². The average molecular weight is 394 g/mol. The van der Waals surface area contributed by atoms with Crippen LogP contribution in [0.1, 0.15) is 0 Å². The van der Waals surface area contributed by atoms with E-state index < -0.39 is 0 Å². The molecular formula is C19H21Cl2N3O2. The first-order valence-electron chi connectivity index (χ1n) is 8.41. The molecule has 138 valence electrons. The number of methoxy groups -OCH3 is 1. The molecule has 0 aliphatic carbocycles. The Morgan fingerprint density at radius 2 is 1.77 bits per heavy atom. The van der Waals surface area contributed by atoms with Gasteiger partial charge in [0.15, 0.2) is 0 Å². The Bertz CT molecular complexity index is 760. The van der Waals surface area contributed by atoms with Crippen LogP contribution in [0.25, 0.3) is 0 Å². The highest BCUT2D eigenvalue weighted by Gasteiger charge is 2.19. The molecular weight excluding hydrogens is 373 g/mol. The van der Waals surface area contributed by atoms with Crippen LogP contribution < -0.4 is 15.0 Å². The van der Waals surface area contributed by atoms with Gasteiger partial charge in [-0.3, -0.25) is 9.69 Å². The summed E-state index contributed by atoms with van der Waals surface area (Å²) in [6.45, 7) is 3.72. The summed E-state index contributed by atoms with van der Waals surface area (Å²) in [6, 6.07) is 13.1. The van der Waals surface area contributed by atoms with Crippen molar-refractivity contribution in [3.8, 4) is 5.75 Å². The monoisotopic (exact) mass is 393 g/mol. The van der Waals surface area contributed by atoms with Gasteiger partial charge in [-0.25, -0.2) is 0 Å². The van der Waals surface area contributed by atoms with E-state index in [4.69, 9.17) is 27.9 Å². The van der Waals surface area contributed by atoms with Crippen LogP contribution in [-0.2, 0) is 4.79 Å². The number of nitrogens with zero attached hydrogens (tertiary/aromatic N) is 2. The van der Waals surface area contributed by atoms with Gasteiger partial charge >= 0.3 is 0 Å². The zero-order chi connectivity index (χ0) is 18.5. The fraction of sp³-hybridized carbons (Fsp3) is 0.316. The van der Waals surface area contributed by atoms with E-state index in [0.717, 1.165) is 31.9 Å². The van der Waals surface area contributed by atoms with Crippen molar-refractivity contribution in [2.24, 2.45) is 0 Å². The Labute approximate surface area is 163 Å². The number of nitrogens with one attached hydrogen (secondary N) is 1. The molecule has 1 saturated heterocycles. The van der Waals surface area contributed by atoms with Crippen molar-refractivity contribution >= 4 is 40.5 Å². The molecule has 0 saturated carbocycles. The van der Waals surface area contributed by atoms with E-state index in [0.29, 0.717) is 22.3 Å². The minimum absolute atomic E-state index is 0.0907. The predicted octanol–water partition coefficient (Wildman–Crippen LogP) is 3.76. The van der Waals surface area contributed by atoms with Crippen LogP contribution in [0.3, 0.4) is 0 Å². The molecule has 0 spiro atoms. The molecule has 2 aromatic rings. The maximum Gasteiger partial charge on any atom is 0.238 e. The fourth-order valence-corrected chi connectivity index (χ4v) is 3.28. The molecule has 1 fully saturated rings. The lowest BCUT2D eigenvalue weighted by atomic mass is 10.2. The van der Waals surface area contributed by atoms with E-state index in [1.807, 2.05) is 12.1 Å². The number of carbonyl (C=O) groups excluding carboxylic acids is 1. The predicted molar refractivity (Wildman–Crippen MR) is 107 cm³/mol. The molecule has 26 heavy (non-hydrogen) atoms. The first-order chi connectivity index (χ1) is 12.5. The minimum Gasteiger partial charge on any atom is -0.497 e. The van der Waals surface area contributed by atoms with Crippen molar-refractivity contribution in [2.75, 3.05) is 50.1 Å². The zero-order valence-corrected chi connectivity index (χ0v) is 16.1. The number of hydrogen-bond acceptors (Lipinski definition) is 4. The van der Waals surface area contributed by atoms with E-state index in [2.05, 4.69) is 27.2 Å². The summed E-state index contributed by atoms with van der Waals surface area (Å²) in [4.78, 5) is 16.7. The SMILES string of the molecule is COc1ccc(N2CCN(CC(=O)Nc3cc(Cl)ccc3Cl)CC2)cc1. The van der Waals surface area contributed by atoms with Gasteiger partial charge < -0.3 is 15.0 Å². The molecule has 0 radical (unpaired) electrons. The molecule has 0 aromatic heterocycles. The van der Waals surface area contributed by atoms with Crippen molar-refractivity contribution in [2.45, 2.75) is 0 Å². The summed E-state index contributed by atoms with van der Waals surface area (Å²) < 4.78 is 5.19. The van der Waals surface area contributed by atoms with Gasteiger partial charge in [-0.05, 0) is 42.5 Å². The van der Waals surface area contributed by atoms with Crippen molar-refractivity contribution in [3.63, 3.8) is 0 Å². The third-order valence-electron chi connectivity index (χ3n) is 4.38. The van der Waals surface area contributed by atoms with Crippen molar-refractivity contribution in [1.82, 2.24) is 4.90 Å².